The molecule has 1 spiro atoms. The van der Waals surface area contributed by atoms with Crippen molar-refractivity contribution in [1.29, 1.82) is 0 Å². The Hall–Kier alpha value is -0.860. The second kappa shape index (κ2) is 3.82. The first-order chi connectivity index (χ1) is 8.12. The lowest BCUT2D eigenvalue weighted by molar-refractivity contribution is -0.141. The third-order valence-corrected chi connectivity index (χ3v) is 5.34. The number of hydrogen-bond donors (Lipinski definition) is 0. The molecule has 3 rings (SSSR count). The lowest BCUT2D eigenvalue weighted by Gasteiger charge is -2.43. The van der Waals surface area contributed by atoms with Gasteiger partial charge in [0.2, 0.25) is 11.8 Å². The number of imide groups is 1. The van der Waals surface area contributed by atoms with E-state index in [1.54, 1.807) is 7.05 Å². The van der Waals surface area contributed by atoms with Crippen LogP contribution in [-0.4, -0.2) is 23.8 Å². The molecule has 2 saturated carbocycles. The lowest BCUT2D eigenvalue weighted by Crippen LogP contribution is -2.40. The largest absolute Gasteiger partial charge is 0.285 e. The van der Waals surface area contributed by atoms with Gasteiger partial charge < -0.3 is 0 Å². The topological polar surface area (TPSA) is 37.4 Å². The van der Waals surface area contributed by atoms with Gasteiger partial charge in [-0.25, -0.2) is 0 Å². The van der Waals surface area contributed by atoms with E-state index in [2.05, 4.69) is 0 Å². The van der Waals surface area contributed by atoms with Gasteiger partial charge in [-0.1, -0.05) is 25.7 Å². The minimum absolute atomic E-state index is 0.0317. The summed E-state index contributed by atoms with van der Waals surface area (Å²) in [5, 5.41) is 0. The Bertz CT molecular complexity index is 365. The maximum atomic E-state index is 12.3. The van der Waals surface area contributed by atoms with Crippen molar-refractivity contribution in [2.45, 2.75) is 51.4 Å². The third kappa shape index (κ3) is 1.62. The predicted molar refractivity (Wildman–Crippen MR) is 64.1 cm³/mol. The second-order valence-electron chi connectivity index (χ2n) is 6.26. The molecule has 94 valence electrons. The smallest absolute Gasteiger partial charge is 0.235 e. The van der Waals surface area contributed by atoms with E-state index in [1.165, 1.54) is 30.6 Å². The highest BCUT2D eigenvalue weighted by atomic mass is 16.2. The summed E-state index contributed by atoms with van der Waals surface area (Å²) in [7, 11) is 1.65. The molecule has 1 saturated heterocycles. The van der Waals surface area contributed by atoms with Crippen LogP contribution in [0, 0.1) is 17.3 Å². The van der Waals surface area contributed by atoms with Gasteiger partial charge in [0.05, 0.1) is 5.41 Å². The zero-order valence-corrected chi connectivity index (χ0v) is 10.6. The Kier molecular flexibility index (Phi) is 2.53. The fourth-order valence-corrected chi connectivity index (χ4v) is 4.31. The van der Waals surface area contributed by atoms with Gasteiger partial charge in [0.25, 0.3) is 0 Å². The van der Waals surface area contributed by atoms with Gasteiger partial charge in [0.15, 0.2) is 0 Å². The van der Waals surface area contributed by atoms with E-state index in [0.29, 0.717) is 12.3 Å². The van der Waals surface area contributed by atoms with E-state index in [1.807, 2.05) is 0 Å². The maximum absolute atomic E-state index is 12.3. The van der Waals surface area contributed by atoms with E-state index in [-0.39, 0.29) is 17.2 Å². The molecule has 2 amide bonds. The van der Waals surface area contributed by atoms with Crippen LogP contribution in [0.15, 0.2) is 0 Å². The average molecular weight is 235 g/mol. The molecule has 0 aromatic rings. The number of carbonyl (C=O) groups excluding carboxylic acids is 2. The summed E-state index contributed by atoms with van der Waals surface area (Å²) in [4.78, 5) is 25.4. The van der Waals surface area contributed by atoms with Crippen LogP contribution in [0.3, 0.4) is 0 Å². The fraction of sp³-hybridized carbons (Fsp3) is 0.857. The van der Waals surface area contributed by atoms with Crippen LogP contribution in [0.5, 0.6) is 0 Å². The van der Waals surface area contributed by atoms with Crippen LogP contribution in [0.4, 0.5) is 0 Å². The zero-order valence-electron chi connectivity index (χ0n) is 10.6. The van der Waals surface area contributed by atoms with E-state index in [4.69, 9.17) is 0 Å². The molecule has 0 radical (unpaired) electrons. The molecule has 3 heteroatoms. The number of carbonyl (C=O) groups is 2. The molecular formula is C14H21NO2. The van der Waals surface area contributed by atoms with Crippen molar-refractivity contribution in [2.75, 3.05) is 7.05 Å². The summed E-state index contributed by atoms with van der Waals surface area (Å²) in [5.41, 5.74) is -0.301. The summed E-state index contributed by atoms with van der Waals surface area (Å²) < 4.78 is 0. The first-order valence-electron chi connectivity index (χ1n) is 6.93. The minimum atomic E-state index is -0.301. The quantitative estimate of drug-likeness (QED) is 0.604. The van der Waals surface area contributed by atoms with Crippen molar-refractivity contribution in [1.82, 2.24) is 4.90 Å². The Morgan fingerprint density at radius 3 is 2.47 bits per heavy atom. The molecule has 0 aromatic carbocycles. The Balaban J connectivity index is 1.81. The van der Waals surface area contributed by atoms with Gasteiger partial charge in [-0.2, -0.15) is 0 Å². The number of amides is 2. The van der Waals surface area contributed by atoms with Crippen LogP contribution in [0.1, 0.15) is 51.4 Å². The van der Waals surface area contributed by atoms with Gasteiger partial charge in [-0.05, 0) is 31.1 Å². The van der Waals surface area contributed by atoms with E-state index in [0.717, 1.165) is 25.2 Å². The van der Waals surface area contributed by atoms with Crippen molar-refractivity contribution in [3.8, 4) is 0 Å². The normalized spacial score (nSPS) is 42.1. The molecule has 3 fully saturated rings. The summed E-state index contributed by atoms with van der Waals surface area (Å²) in [6.45, 7) is 0. The molecule has 0 N–H and O–H groups in total. The molecule has 0 unspecified atom stereocenters. The molecule has 17 heavy (non-hydrogen) atoms. The maximum Gasteiger partial charge on any atom is 0.235 e. The molecule has 0 aromatic heterocycles. The van der Waals surface area contributed by atoms with Crippen LogP contribution in [-0.2, 0) is 9.59 Å². The Labute approximate surface area is 103 Å². The summed E-state index contributed by atoms with van der Waals surface area (Å²) >= 11 is 0. The second-order valence-corrected chi connectivity index (χ2v) is 6.26. The first kappa shape index (κ1) is 11.2. The van der Waals surface area contributed by atoms with Crippen LogP contribution in [0.2, 0.25) is 0 Å². The minimum Gasteiger partial charge on any atom is -0.285 e. The number of fused-ring (bicyclic) bond motifs is 1. The standard InChI is InChI=1S/C14H21NO2/c1-15-12(16)9-14(13(15)17)7-6-10-4-2-3-5-11(10)8-14/h10-11H,2-9H2,1H3/t10-,11+,14-/m1/s1. The molecule has 1 aliphatic heterocycles. The SMILES string of the molecule is CN1C(=O)C[C@]2(CC[C@H]3CCCC[C@H]3C2)C1=O. The van der Waals surface area contributed by atoms with Gasteiger partial charge in [0.1, 0.15) is 0 Å². The Morgan fingerprint density at radius 1 is 1.12 bits per heavy atom. The molecule has 2 aliphatic carbocycles. The summed E-state index contributed by atoms with van der Waals surface area (Å²) in [6.07, 6.45) is 8.87. The fourth-order valence-electron chi connectivity index (χ4n) is 4.31. The predicted octanol–water partition coefficient (Wildman–Crippen LogP) is 2.35. The first-order valence-corrected chi connectivity index (χ1v) is 6.93. The van der Waals surface area contributed by atoms with Crippen LogP contribution in [0.25, 0.3) is 0 Å². The van der Waals surface area contributed by atoms with Gasteiger partial charge in [-0.15, -0.1) is 0 Å². The van der Waals surface area contributed by atoms with E-state index < -0.39 is 0 Å². The lowest BCUT2D eigenvalue weighted by atomic mass is 9.60. The molecule has 3 aliphatic rings. The number of likely N-dealkylation sites (tertiary alicyclic amines) is 1. The van der Waals surface area contributed by atoms with Crippen molar-refractivity contribution in [3.63, 3.8) is 0 Å². The highest BCUT2D eigenvalue weighted by molar-refractivity contribution is 6.05. The van der Waals surface area contributed by atoms with Crippen LogP contribution >= 0.6 is 0 Å². The average Bonchev–Trinajstić information content (AvgIpc) is 2.54. The highest BCUT2D eigenvalue weighted by Crippen LogP contribution is 2.52. The van der Waals surface area contributed by atoms with Crippen molar-refractivity contribution in [2.24, 2.45) is 17.3 Å². The van der Waals surface area contributed by atoms with Gasteiger partial charge in [-0.3, -0.25) is 14.5 Å². The third-order valence-electron chi connectivity index (χ3n) is 5.34. The molecule has 3 atom stereocenters. The molecular weight excluding hydrogens is 214 g/mol. The summed E-state index contributed by atoms with van der Waals surface area (Å²) in [5.74, 6) is 1.68. The van der Waals surface area contributed by atoms with Gasteiger partial charge >= 0.3 is 0 Å². The number of nitrogens with zero attached hydrogens (tertiary/aromatic N) is 1. The van der Waals surface area contributed by atoms with E-state index >= 15 is 0 Å². The monoisotopic (exact) mass is 235 g/mol. The Morgan fingerprint density at radius 2 is 1.82 bits per heavy atom. The van der Waals surface area contributed by atoms with Gasteiger partial charge in [0, 0.05) is 13.5 Å². The highest BCUT2D eigenvalue weighted by Gasteiger charge is 2.53. The van der Waals surface area contributed by atoms with Crippen molar-refractivity contribution >= 4 is 11.8 Å². The van der Waals surface area contributed by atoms with Crippen molar-refractivity contribution in [3.05, 3.63) is 0 Å². The zero-order chi connectivity index (χ0) is 12.0. The number of hydrogen-bond acceptors (Lipinski definition) is 2. The molecule has 3 nitrogen and oxygen atoms in total. The molecule has 1 heterocycles. The summed E-state index contributed by atoms with van der Waals surface area (Å²) in [6, 6.07) is 0. The number of rotatable bonds is 0. The van der Waals surface area contributed by atoms with E-state index in [9.17, 15) is 9.59 Å². The van der Waals surface area contributed by atoms with Crippen molar-refractivity contribution < 1.29 is 9.59 Å². The molecule has 0 bridgehead atoms. The van der Waals surface area contributed by atoms with Crippen LogP contribution < -0.4 is 0 Å².